The number of nitrogens with zero attached hydrogens (tertiary/aromatic N) is 1. The normalized spacial score (nSPS) is 25.2. The first kappa shape index (κ1) is 7.82. The Bertz CT molecular complexity index is 429. The van der Waals surface area contributed by atoms with E-state index in [2.05, 4.69) is 15.3 Å². The highest BCUT2D eigenvalue weighted by molar-refractivity contribution is 5.77. The maximum absolute atomic E-state index is 5.70. The van der Waals surface area contributed by atoms with Crippen LogP contribution in [0, 0.1) is 0 Å². The minimum Gasteiger partial charge on any atom is -0.351 e. The summed E-state index contributed by atoms with van der Waals surface area (Å²) >= 11 is 0. The van der Waals surface area contributed by atoms with Crippen LogP contribution in [0.25, 0.3) is 11.0 Å². The number of aromatic nitrogens is 2. The molecule has 1 saturated carbocycles. The van der Waals surface area contributed by atoms with Gasteiger partial charge in [0.2, 0.25) is 5.95 Å². The number of H-pyrrole nitrogens is 1. The van der Waals surface area contributed by atoms with Crippen LogP contribution < -0.4 is 11.1 Å². The van der Waals surface area contributed by atoms with Gasteiger partial charge in [0.05, 0.1) is 11.0 Å². The van der Waals surface area contributed by atoms with Crippen LogP contribution >= 0.6 is 0 Å². The summed E-state index contributed by atoms with van der Waals surface area (Å²) in [6, 6.07) is 8.67. The van der Waals surface area contributed by atoms with Crippen molar-refractivity contribution in [2.45, 2.75) is 18.5 Å². The number of aromatic amines is 1. The van der Waals surface area contributed by atoms with Crippen molar-refractivity contribution in [1.29, 1.82) is 0 Å². The van der Waals surface area contributed by atoms with Gasteiger partial charge in [-0.25, -0.2) is 4.98 Å². The molecule has 4 heteroatoms. The summed E-state index contributed by atoms with van der Waals surface area (Å²) in [6.07, 6.45) is 1.04. The van der Waals surface area contributed by atoms with Gasteiger partial charge in [-0.05, 0) is 18.6 Å². The molecule has 1 fully saturated rings. The number of rotatable bonds is 2. The Morgan fingerprint density at radius 3 is 2.93 bits per heavy atom. The molecule has 0 saturated heterocycles. The maximum Gasteiger partial charge on any atom is 0.201 e. The standard InChI is InChI=1S/C10H12N4/c11-6-5-9(6)14-10-12-7-3-1-2-4-8(7)13-10/h1-4,6,9H,5,11H2,(H2,12,13,14). The van der Waals surface area contributed by atoms with Gasteiger partial charge in [0.15, 0.2) is 0 Å². The predicted octanol–water partition coefficient (Wildman–Crippen LogP) is 1.07. The highest BCUT2D eigenvalue weighted by Crippen LogP contribution is 2.23. The number of nitrogens with two attached hydrogens (primary N) is 1. The maximum atomic E-state index is 5.70. The van der Waals surface area contributed by atoms with Gasteiger partial charge < -0.3 is 16.0 Å². The topological polar surface area (TPSA) is 66.7 Å². The summed E-state index contributed by atoms with van der Waals surface area (Å²) in [5.41, 5.74) is 7.75. The molecule has 0 radical (unpaired) electrons. The number of para-hydroxylation sites is 2. The third-order valence-electron chi connectivity index (χ3n) is 2.55. The molecule has 3 rings (SSSR count). The zero-order valence-corrected chi connectivity index (χ0v) is 7.70. The van der Waals surface area contributed by atoms with Crippen LogP contribution in [0.5, 0.6) is 0 Å². The number of hydrogen-bond donors (Lipinski definition) is 3. The van der Waals surface area contributed by atoms with E-state index in [0.717, 1.165) is 23.4 Å². The predicted molar refractivity (Wildman–Crippen MR) is 56.1 cm³/mol. The molecule has 0 bridgehead atoms. The molecule has 2 unspecified atom stereocenters. The Morgan fingerprint density at radius 1 is 1.43 bits per heavy atom. The van der Waals surface area contributed by atoms with Crippen molar-refractivity contribution in [2.24, 2.45) is 5.73 Å². The van der Waals surface area contributed by atoms with Crippen LogP contribution in [-0.4, -0.2) is 22.1 Å². The quantitative estimate of drug-likeness (QED) is 0.660. The highest BCUT2D eigenvalue weighted by atomic mass is 15.2. The number of imidazole rings is 1. The van der Waals surface area contributed by atoms with E-state index in [4.69, 9.17) is 5.73 Å². The molecule has 0 aliphatic heterocycles. The van der Waals surface area contributed by atoms with Crippen molar-refractivity contribution in [3.8, 4) is 0 Å². The van der Waals surface area contributed by atoms with Crippen LogP contribution in [0.1, 0.15) is 6.42 Å². The molecule has 0 spiro atoms. The Labute approximate surface area is 81.5 Å². The monoisotopic (exact) mass is 188 g/mol. The number of hydrogen-bond acceptors (Lipinski definition) is 3. The molecule has 72 valence electrons. The van der Waals surface area contributed by atoms with E-state index in [1.807, 2.05) is 24.3 Å². The number of anilines is 1. The van der Waals surface area contributed by atoms with Crippen LogP contribution in [-0.2, 0) is 0 Å². The molecular weight excluding hydrogens is 176 g/mol. The lowest BCUT2D eigenvalue weighted by atomic mass is 10.3. The first-order chi connectivity index (χ1) is 6.83. The van der Waals surface area contributed by atoms with E-state index in [1.165, 1.54) is 0 Å². The molecule has 1 aliphatic rings. The van der Waals surface area contributed by atoms with Crippen LogP contribution in [0.3, 0.4) is 0 Å². The van der Waals surface area contributed by atoms with Crippen LogP contribution in [0.15, 0.2) is 24.3 Å². The lowest BCUT2D eigenvalue weighted by Gasteiger charge is -1.97. The fraction of sp³-hybridized carbons (Fsp3) is 0.300. The molecule has 2 atom stereocenters. The zero-order valence-electron chi connectivity index (χ0n) is 7.70. The van der Waals surface area contributed by atoms with E-state index in [-0.39, 0.29) is 0 Å². The molecule has 1 heterocycles. The van der Waals surface area contributed by atoms with Gasteiger partial charge in [-0.1, -0.05) is 12.1 Å². The summed E-state index contributed by atoms with van der Waals surface area (Å²) in [7, 11) is 0. The van der Waals surface area contributed by atoms with E-state index in [0.29, 0.717) is 12.1 Å². The van der Waals surface area contributed by atoms with E-state index in [9.17, 15) is 0 Å². The van der Waals surface area contributed by atoms with Crippen LogP contribution in [0.4, 0.5) is 5.95 Å². The Morgan fingerprint density at radius 2 is 2.21 bits per heavy atom. The fourth-order valence-electron chi connectivity index (χ4n) is 1.58. The Kier molecular flexibility index (Phi) is 1.52. The SMILES string of the molecule is NC1CC1Nc1nc2ccccc2[nH]1. The fourth-order valence-corrected chi connectivity index (χ4v) is 1.58. The van der Waals surface area contributed by atoms with Crippen molar-refractivity contribution in [3.63, 3.8) is 0 Å². The van der Waals surface area contributed by atoms with Gasteiger partial charge in [-0.2, -0.15) is 0 Å². The van der Waals surface area contributed by atoms with Gasteiger partial charge in [-0.15, -0.1) is 0 Å². The van der Waals surface area contributed by atoms with E-state index >= 15 is 0 Å². The minimum absolute atomic E-state index is 0.295. The minimum atomic E-state index is 0.295. The highest BCUT2D eigenvalue weighted by Gasteiger charge is 2.33. The molecule has 1 aliphatic carbocycles. The first-order valence-corrected chi connectivity index (χ1v) is 4.80. The Balaban J connectivity index is 1.90. The lowest BCUT2D eigenvalue weighted by molar-refractivity contribution is 0.991. The summed E-state index contributed by atoms with van der Waals surface area (Å²) in [5, 5.41) is 3.26. The average Bonchev–Trinajstić information content (AvgIpc) is 2.74. The molecule has 4 nitrogen and oxygen atoms in total. The molecule has 1 aromatic carbocycles. The van der Waals surface area contributed by atoms with Crippen molar-refractivity contribution in [1.82, 2.24) is 9.97 Å². The third-order valence-corrected chi connectivity index (χ3v) is 2.55. The number of fused-ring (bicyclic) bond motifs is 1. The van der Waals surface area contributed by atoms with E-state index < -0.39 is 0 Å². The average molecular weight is 188 g/mol. The number of nitrogens with one attached hydrogen (secondary N) is 2. The van der Waals surface area contributed by atoms with Gasteiger partial charge in [0, 0.05) is 12.1 Å². The molecule has 2 aromatic rings. The first-order valence-electron chi connectivity index (χ1n) is 4.80. The zero-order chi connectivity index (χ0) is 9.54. The smallest absolute Gasteiger partial charge is 0.201 e. The van der Waals surface area contributed by atoms with Gasteiger partial charge in [0.1, 0.15) is 0 Å². The second-order valence-electron chi connectivity index (χ2n) is 3.75. The molecular formula is C10H12N4. The van der Waals surface area contributed by atoms with Crippen molar-refractivity contribution in [3.05, 3.63) is 24.3 Å². The Hall–Kier alpha value is -1.55. The third kappa shape index (κ3) is 1.24. The lowest BCUT2D eigenvalue weighted by Crippen LogP contribution is -2.13. The van der Waals surface area contributed by atoms with Crippen molar-refractivity contribution < 1.29 is 0 Å². The second-order valence-corrected chi connectivity index (χ2v) is 3.75. The van der Waals surface area contributed by atoms with E-state index in [1.54, 1.807) is 0 Å². The molecule has 0 amide bonds. The molecule has 14 heavy (non-hydrogen) atoms. The van der Waals surface area contributed by atoms with Crippen molar-refractivity contribution in [2.75, 3.05) is 5.32 Å². The van der Waals surface area contributed by atoms with Crippen LogP contribution in [0.2, 0.25) is 0 Å². The van der Waals surface area contributed by atoms with Gasteiger partial charge in [0.25, 0.3) is 0 Å². The summed E-state index contributed by atoms with van der Waals surface area (Å²) in [6.45, 7) is 0. The largest absolute Gasteiger partial charge is 0.351 e. The molecule has 4 N–H and O–H groups in total. The summed E-state index contributed by atoms with van der Waals surface area (Å²) in [5.74, 6) is 0.823. The molecule has 1 aromatic heterocycles. The second kappa shape index (κ2) is 2.72. The summed E-state index contributed by atoms with van der Waals surface area (Å²) in [4.78, 5) is 7.61. The van der Waals surface area contributed by atoms with Crippen molar-refractivity contribution >= 4 is 17.0 Å². The summed E-state index contributed by atoms with van der Waals surface area (Å²) < 4.78 is 0. The number of benzene rings is 1. The van der Waals surface area contributed by atoms with Gasteiger partial charge >= 0.3 is 0 Å². The van der Waals surface area contributed by atoms with Gasteiger partial charge in [-0.3, -0.25) is 0 Å².